The molecule has 0 aliphatic carbocycles. The number of hydrogen-bond donors (Lipinski definition) is 1. The third kappa shape index (κ3) is 4.49. The Balaban J connectivity index is 1.54. The second kappa shape index (κ2) is 8.65. The molecule has 0 bridgehead atoms. The van der Waals surface area contributed by atoms with E-state index in [4.69, 9.17) is 4.74 Å². The molecule has 0 amide bonds. The van der Waals surface area contributed by atoms with Crippen molar-refractivity contribution in [3.8, 4) is 0 Å². The highest BCUT2D eigenvalue weighted by Crippen LogP contribution is 2.24. The predicted molar refractivity (Wildman–Crippen MR) is 118 cm³/mol. The van der Waals surface area contributed by atoms with Crippen LogP contribution in [0.3, 0.4) is 0 Å². The summed E-state index contributed by atoms with van der Waals surface area (Å²) in [5, 5.41) is 4.50. The lowest BCUT2D eigenvalue weighted by Crippen LogP contribution is -2.07. The van der Waals surface area contributed by atoms with Gasteiger partial charge >= 0.3 is 5.97 Å². The number of aromatic nitrogens is 1. The summed E-state index contributed by atoms with van der Waals surface area (Å²) < 4.78 is 7.33. The molecule has 0 saturated heterocycles. The number of fused-ring (bicyclic) bond motifs is 1. The molecule has 0 aliphatic heterocycles. The molecule has 1 aromatic heterocycles. The predicted octanol–water partition coefficient (Wildman–Crippen LogP) is 5.54. The summed E-state index contributed by atoms with van der Waals surface area (Å²) in [6, 6.07) is 26.8. The number of benzene rings is 3. The fourth-order valence-electron chi connectivity index (χ4n) is 3.54. The molecule has 0 saturated carbocycles. The van der Waals surface area contributed by atoms with Crippen LogP contribution >= 0.6 is 0 Å². The molecule has 0 radical (unpaired) electrons. The van der Waals surface area contributed by atoms with E-state index in [9.17, 15) is 4.79 Å². The Kier molecular flexibility index (Phi) is 5.61. The first-order valence-corrected chi connectivity index (χ1v) is 9.86. The summed E-state index contributed by atoms with van der Waals surface area (Å²) in [6.07, 6.45) is 2.36. The average molecular weight is 384 g/mol. The van der Waals surface area contributed by atoms with Crippen LogP contribution < -0.4 is 5.32 Å². The van der Waals surface area contributed by atoms with Gasteiger partial charge in [-0.2, -0.15) is 0 Å². The quantitative estimate of drug-likeness (QED) is 0.426. The van der Waals surface area contributed by atoms with Gasteiger partial charge in [0.15, 0.2) is 0 Å². The van der Waals surface area contributed by atoms with Crippen molar-refractivity contribution in [2.24, 2.45) is 0 Å². The SMILES string of the molecule is CCOC(=O)Cc1cn(Cc2ccc(Nc3ccccc3)cc2)c2ccccc12. The van der Waals surface area contributed by atoms with E-state index in [1.54, 1.807) is 0 Å². The van der Waals surface area contributed by atoms with Crippen LogP contribution in [0.5, 0.6) is 0 Å². The topological polar surface area (TPSA) is 43.3 Å². The van der Waals surface area contributed by atoms with Gasteiger partial charge in [-0.3, -0.25) is 4.79 Å². The van der Waals surface area contributed by atoms with Gasteiger partial charge in [-0.05, 0) is 48.4 Å². The minimum Gasteiger partial charge on any atom is -0.466 e. The maximum Gasteiger partial charge on any atom is 0.310 e. The van der Waals surface area contributed by atoms with Crippen LogP contribution in [0.25, 0.3) is 10.9 Å². The Morgan fingerprint density at radius 1 is 0.897 bits per heavy atom. The summed E-state index contributed by atoms with van der Waals surface area (Å²) in [7, 11) is 0. The number of carbonyl (C=O) groups is 1. The first kappa shape index (κ1) is 18.8. The summed E-state index contributed by atoms with van der Waals surface area (Å²) >= 11 is 0. The Bertz CT molecular complexity index is 1100. The molecule has 4 nitrogen and oxygen atoms in total. The van der Waals surface area contributed by atoms with Crippen molar-refractivity contribution in [2.45, 2.75) is 19.9 Å². The number of ether oxygens (including phenoxy) is 1. The van der Waals surface area contributed by atoms with E-state index in [-0.39, 0.29) is 5.97 Å². The van der Waals surface area contributed by atoms with Gasteiger partial charge < -0.3 is 14.6 Å². The fraction of sp³-hybridized carbons (Fsp3) is 0.160. The molecule has 0 aliphatic rings. The van der Waals surface area contributed by atoms with Crippen molar-refractivity contribution in [3.63, 3.8) is 0 Å². The van der Waals surface area contributed by atoms with E-state index in [0.717, 1.165) is 34.4 Å². The van der Waals surface area contributed by atoms with E-state index < -0.39 is 0 Å². The lowest BCUT2D eigenvalue weighted by atomic mass is 10.1. The first-order chi connectivity index (χ1) is 14.2. The number of nitrogens with zero attached hydrogens (tertiary/aromatic N) is 1. The van der Waals surface area contributed by atoms with Crippen LogP contribution in [-0.2, 0) is 22.5 Å². The van der Waals surface area contributed by atoms with Crippen molar-refractivity contribution in [1.29, 1.82) is 0 Å². The number of hydrogen-bond acceptors (Lipinski definition) is 3. The average Bonchev–Trinajstić information content (AvgIpc) is 3.08. The largest absolute Gasteiger partial charge is 0.466 e. The van der Waals surface area contributed by atoms with E-state index in [1.807, 2.05) is 49.4 Å². The van der Waals surface area contributed by atoms with E-state index in [1.165, 1.54) is 5.56 Å². The van der Waals surface area contributed by atoms with Gasteiger partial charge in [-0.1, -0.05) is 48.5 Å². The molecule has 1 heterocycles. The second-order valence-electron chi connectivity index (χ2n) is 6.97. The van der Waals surface area contributed by atoms with Gasteiger partial charge in [-0.15, -0.1) is 0 Å². The zero-order valence-electron chi connectivity index (χ0n) is 16.5. The van der Waals surface area contributed by atoms with Crippen molar-refractivity contribution in [2.75, 3.05) is 11.9 Å². The lowest BCUT2D eigenvalue weighted by Gasteiger charge is -2.09. The van der Waals surface area contributed by atoms with Crippen molar-refractivity contribution < 1.29 is 9.53 Å². The molecule has 4 rings (SSSR count). The van der Waals surface area contributed by atoms with E-state index in [2.05, 4.69) is 52.5 Å². The number of anilines is 2. The third-order valence-corrected chi connectivity index (χ3v) is 4.88. The Labute approximate surface area is 170 Å². The number of carbonyl (C=O) groups excluding carboxylic acids is 1. The molecule has 0 spiro atoms. The summed E-state index contributed by atoms with van der Waals surface area (Å²) in [6.45, 7) is 2.98. The highest BCUT2D eigenvalue weighted by atomic mass is 16.5. The molecule has 1 N–H and O–H groups in total. The van der Waals surface area contributed by atoms with Crippen molar-refractivity contribution in [1.82, 2.24) is 4.57 Å². The lowest BCUT2D eigenvalue weighted by molar-refractivity contribution is -0.142. The van der Waals surface area contributed by atoms with Crippen LogP contribution in [0.4, 0.5) is 11.4 Å². The minimum absolute atomic E-state index is 0.188. The Morgan fingerprint density at radius 3 is 2.34 bits per heavy atom. The molecule has 4 aromatic rings. The smallest absolute Gasteiger partial charge is 0.310 e. The van der Waals surface area contributed by atoms with Crippen molar-refractivity contribution >= 4 is 28.2 Å². The van der Waals surface area contributed by atoms with Crippen LogP contribution in [0, 0.1) is 0 Å². The van der Waals surface area contributed by atoms with Gasteiger partial charge in [0.2, 0.25) is 0 Å². The molecule has 0 fully saturated rings. The summed E-state index contributed by atoms with van der Waals surface area (Å²) in [5.41, 5.74) is 5.45. The number of para-hydroxylation sites is 2. The molecule has 0 atom stereocenters. The second-order valence-corrected chi connectivity index (χ2v) is 6.97. The van der Waals surface area contributed by atoms with Crippen LogP contribution in [0.1, 0.15) is 18.1 Å². The minimum atomic E-state index is -0.188. The highest BCUT2D eigenvalue weighted by molar-refractivity contribution is 5.88. The van der Waals surface area contributed by atoms with Crippen LogP contribution in [-0.4, -0.2) is 17.1 Å². The molecule has 146 valence electrons. The van der Waals surface area contributed by atoms with Crippen molar-refractivity contribution in [3.05, 3.63) is 96.2 Å². The highest BCUT2D eigenvalue weighted by Gasteiger charge is 2.12. The molecule has 3 aromatic carbocycles. The van der Waals surface area contributed by atoms with Crippen LogP contribution in [0.15, 0.2) is 85.1 Å². The Hall–Kier alpha value is -3.53. The van der Waals surface area contributed by atoms with Gasteiger partial charge in [-0.25, -0.2) is 0 Å². The van der Waals surface area contributed by atoms with E-state index in [0.29, 0.717) is 13.0 Å². The maximum absolute atomic E-state index is 12.0. The molecular formula is C25H24N2O2. The molecule has 4 heteroatoms. The number of nitrogens with one attached hydrogen (secondary N) is 1. The third-order valence-electron chi connectivity index (χ3n) is 4.88. The van der Waals surface area contributed by atoms with Gasteiger partial charge in [0.25, 0.3) is 0 Å². The molecule has 0 unspecified atom stereocenters. The van der Waals surface area contributed by atoms with E-state index >= 15 is 0 Å². The first-order valence-electron chi connectivity index (χ1n) is 9.86. The fourth-order valence-corrected chi connectivity index (χ4v) is 3.54. The van der Waals surface area contributed by atoms with Gasteiger partial charge in [0.05, 0.1) is 13.0 Å². The molecule has 29 heavy (non-hydrogen) atoms. The van der Waals surface area contributed by atoms with Crippen LogP contribution in [0.2, 0.25) is 0 Å². The van der Waals surface area contributed by atoms with Gasteiger partial charge in [0.1, 0.15) is 0 Å². The zero-order valence-corrected chi connectivity index (χ0v) is 16.5. The standard InChI is InChI=1S/C25H24N2O2/c1-2-29-25(28)16-20-18-27(24-11-7-6-10-23(20)24)17-19-12-14-22(15-13-19)26-21-8-4-3-5-9-21/h3-15,18,26H,2,16-17H2,1H3. The monoisotopic (exact) mass is 384 g/mol. The van der Waals surface area contributed by atoms with Gasteiger partial charge in [0, 0.05) is 35.0 Å². The Morgan fingerprint density at radius 2 is 1.59 bits per heavy atom. The normalized spacial score (nSPS) is 10.8. The number of rotatable bonds is 7. The maximum atomic E-state index is 12.0. The summed E-state index contributed by atoms with van der Waals surface area (Å²) in [4.78, 5) is 12.0. The molecular weight excluding hydrogens is 360 g/mol. The number of esters is 1. The summed E-state index contributed by atoms with van der Waals surface area (Å²) in [5.74, 6) is -0.188. The zero-order chi connectivity index (χ0) is 20.1.